The lowest BCUT2D eigenvalue weighted by Gasteiger charge is -2.38. The standard InChI is InChI=1S/C21H34N4O2S/c1-3-5-6-19(18-15-17(4-2)28-21(18)22)24-9-7-23(8-10-24)16-20(26)25-11-13-27-14-12-25/h15,22H,3-14,16H2,1-2H3/b19-18+,22-21?. The van der Waals surface area contributed by atoms with Crippen LogP contribution in [-0.2, 0) is 9.53 Å². The van der Waals surface area contributed by atoms with Gasteiger partial charge in [-0.05, 0) is 30.2 Å². The summed E-state index contributed by atoms with van der Waals surface area (Å²) < 4.78 is 5.34. The maximum Gasteiger partial charge on any atom is 0.236 e. The second kappa shape index (κ2) is 10.5. The smallest absolute Gasteiger partial charge is 0.236 e. The number of unbranched alkanes of at least 4 members (excludes halogenated alkanes) is 1. The van der Waals surface area contributed by atoms with Gasteiger partial charge in [0.1, 0.15) is 5.04 Å². The van der Waals surface area contributed by atoms with Crippen LogP contribution in [0.1, 0.15) is 39.5 Å². The number of morpholine rings is 1. The highest BCUT2D eigenvalue weighted by atomic mass is 32.2. The molecule has 156 valence electrons. The predicted octanol–water partition coefficient (Wildman–Crippen LogP) is 2.93. The number of thioether (sulfide) groups is 1. The average molecular weight is 407 g/mol. The SMILES string of the molecule is CCCC/C(=C1/C=C(CC)SC1=N)N1CCN(CC(=O)N2CCOCC2)CC1. The third-order valence-electron chi connectivity index (χ3n) is 5.69. The van der Waals surface area contributed by atoms with Crippen LogP contribution in [0.5, 0.6) is 0 Å². The number of allylic oxidation sites excluding steroid dienone is 3. The third kappa shape index (κ3) is 5.39. The fraction of sp³-hybridized carbons (Fsp3) is 0.714. The van der Waals surface area contributed by atoms with E-state index in [0.717, 1.165) is 70.5 Å². The van der Waals surface area contributed by atoms with Crippen LogP contribution in [0.3, 0.4) is 0 Å². The van der Waals surface area contributed by atoms with E-state index in [2.05, 4.69) is 29.7 Å². The van der Waals surface area contributed by atoms with Crippen LogP contribution in [0, 0.1) is 5.41 Å². The van der Waals surface area contributed by atoms with Crippen molar-refractivity contribution in [1.82, 2.24) is 14.7 Å². The highest BCUT2D eigenvalue weighted by Gasteiger charge is 2.27. The van der Waals surface area contributed by atoms with Crippen molar-refractivity contribution in [2.24, 2.45) is 0 Å². The fourth-order valence-corrected chi connectivity index (χ4v) is 4.79. The van der Waals surface area contributed by atoms with E-state index in [1.54, 1.807) is 11.8 Å². The molecule has 0 bridgehead atoms. The van der Waals surface area contributed by atoms with Gasteiger partial charge in [0, 0.05) is 50.5 Å². The summed E-state index contributed by atoms with van der Waals surface area (Å²) in [6.07, 6.45) is 6.58. The quantitative estimate of drug-likeness (QED) is 0.704. The summed E-state index contributed by atoms with van der Waals surface area (Å²) in [6.45, 7) is 11.3. The molecule has 0 saturated carbocycles. The fourth-order valence-electron chi connectivity index (χ4n) is 3.92. The molecule has 0 radical (unpaired) electrons. The van der Waals surface area contributed by atoms with E-state index >= 15 is 0 Å². The van der Waals surface area contributed by atoms with Crippen LogP contribution in [0.15, 0.2) is 22.3 Å². The van der Waals surface area contributed by atoms with Gasteiger partial charge in [0.25, 0.3) is 0 Å². The summed E-state index contributed by atoms with van der Waals surface area (Å²) in [7, 11) is 0. The largest absolute Gasteiger partial charge is 0.378 e. The number of nitrogens with zero attached hydrogens (tertiary/aromatic N) is 3. The van der Waals surface area contributed by atoms with Gasteiger partial charge in [0.15, 0.2) is 0 Å². The molecule has 1 N–H and O–H groups in total. The predicted molar refractivity (Wildman–Crippen MR) is 116 cm³/mol. The van der Waals surface area contributed by atoms with Gasteiger partial charge in [-0.3, -0.25) is 15.1 Å². The minimum Gasteiger partial charge on any atom is -0.378 e. The Balaban J connectivity index is 1.60. The summed E-state index contributed by atoms with van der Waals surface area (Å²) >= 11 is 1.61. The first-order valence-electron chi connectivity index (χ1n) is 10.7. The third-order valence-corrected chi connectivity index (χ3v) is 6.78. The molecule has 3 aliphatic heterocycles. The highest BCUT2D eigenvalue weighted by Crippen LogP contribution is 2.36. The number of hydrogen-bond acceptors (Lipinski definition) is 6. The van der Waals surface area contributed by atoms with E-state index in [1.807, 2.05) is 4.90 Å². The number of amides is 1. The van der Waals surface area contributed by atoms with Crippen molar-refractivity contribution in [2.45, 2.75) is 39.5 Å². The van der Waals surface area contributed by atoms with Gasteiger partial charge in [-0.25, -0.2) is 0 Å². The van der Waals surface area contributed by atoms with E-state index in [9.17, 15) is 4.79 Å². The van der Waals surface area contributed by atoms with Crippen molar-refractivity contribution in [3.8, 4) is 0 Å². The van der Waals surface area contributed by atoms with Gasteiger partial charge in [0.05, 0.1) is 19.8 Å². The molecule has 7 heteroatoms. The number of carbonyl (C=O) groups excluding carboxylic acids is 1. The van der Waals surface area contributed by atoms with Crippen molar-refractivity contribution in [1.29, 1.82) is 5.41 Å². The first-order valence-corrected chi connectivity index (χ1v) is 11.5. The lowest BCUT2D eigenvalue weighted by Crippen LogP contribution is -2.51. The van der Waals surface area contributed by atoms with Crippen molar-refractivity contribution >= 4 is 22.7 Å². The molecule has 0 aromatic rings. The normalized spacial score (nSPS) is 23.2. The van der Waals surface area contributed by atoms with Crippen LogP contribution in [0.4, 0.5) is 0 Å². The maximum atomic E-state index is 12.5. The molecule has 0 unspecified atom stereocenters. The Labute approximate surface area is 173 Å². The molecule has 28 heavy (non-hydrogen) atoms. The zero-order chi connectivity index (χ0) is 19.9. The van der Waals surface area contributed by atoms with Gasteiger partial charge < -0.3 is 14.5 Å². The number of ether oxygens (including phenoxy) is 1. The van der Waals surface area contributed by atoms with E-state index < -0.39 is 0 Å². The molecule has 2 saturated heterocycles. The summed E-state index contributed by atoms with van der Waals surface area (Å²) in [5.41, 5.74) is 2.47. The molecule has 0 aromatic heterocycles. The van der Waals surface area contributed by atoms with Crippen LogP contribution < -0.4 is 0 Å². The zero-order valence-corrected chi connectivity index (χ0v) is 18.2. The molecule has 1 amide bonds. The Kier molecular flexibility index (Phi) is 8.00. The first-order chi connectivity index (χ1) is 13.6. The number of hydrogen-bond donors (Lipinski definition) is 1. The van der Waals surface area contributed by atoms with Gasteiger partial charge in [-0.2, -0.15) is 0 Å². The minimum atomic E-state index is 0.228. The van der Waals surface area contributed by atoms with Crippen molar-refractivity contribution < 1.29 is 9.53 Å². The molecule has 0 atom stereocenters. The molecule has 3 aliphatic rings. The van der Waals surface area contributed by atoms with E-state index in [0.29, 0.717) is 24.8 Å². The van der Waals surface area contributed by atoms with Gasteiger partial charge >= 0.3 is 0 Å². The number of carbonyl (C=O) groups is 1. The maximum absolute atomic E-state index is 12.5. The summed E-state index contributed by atoms with van der Waals surface area (Å²) in [6, 6.07) is 0. The van der Waals surface area contributed by atoms with Crippen LogP contribution >= 0.6 is 11.8 Å². The van der Waals surface area contributed by atoms with E-state index in [1.165, 1.54) is 10.6 Å². The molecule has 6 nitrogen and oxygen atoms in total. The number of nitrogens with one attached hydrogen (secondary N) is 1. The monoisotopic (exact) mass is 406 g/mol. The lowest BCUT2D eigenvalue weighted by molar-refractivity contribution is -0.136. The Bertz CT molecular complexity index is 632. The molecule has 3 rings (SSSR count). The summed E-state index contributed by atoms with van der Waals surface area (Å²) in [4.78, 5) is 20.5. The van der Waals surface area contributed by atoms with Crippen molar-refractivity contribution in [3.63, 3.8) is 0 Å². The minimum absolute atomic E-state index is 0.228. The van der Waals surface area contributed by atoms with Crippen LogP contribution in [0.2, 0.25) is 0 Å². The van der Waals surface area contributed by atoms with Crippen LogP contribution in [-0.4, -0.2) is 84.7 Å². The molecule has 2 fully saturated rings. The average Bonchev–Trinajstić information content (AvgIpc) is 3.11. The summed E-state index contributed by atoms with van der Waals surface area (Å²) in [5, 5.41) is 9.13. The Morgan fingerprint density at radius 3 is 2.43 bits per heavy atom. The summed E-state index contributed by atoms with van der Waals surface area (Å²) in [5.74, 6) is 0.228. The number of rotatable bonds is 7. The molecule has 3 heterocycles. The second-order valence-electron chi connectivity index (χ2n) is 7.62. The highest BCUT2D eigenvalue weighted by molar-refractivity contribution is 8.18. The first kappa shape index (κ1) is 21.4. The molecule has 0 spiro atoms. The Morgan fingerprint density at radius 1 is 1.11 bits per heavy atom. The Hall–Kier alpha value is -1.31. The topological polar surface area (TPSA) is 59.9 Å². The Morgan fingerprint density at radius 2 is 1.82 bits per heavy atom. The molecular weight excluding hydrogens is 372 g/mol. The van der Waals surface area contributed by atoms with Crippen molar-refractivity contribution in [3.05, 3.63) is 22.3 Å². The molecule has 0 aliphatic carbocycles. The molecule has 0 aromatic carbocycles. The lowest BCUT2D eigenvalue weighted by atomic mass is 10.1. The van der Waals surface area contributed by atoms with Crippen LogP contribution in [0.25, 0.3) is 0 Å². The van der Waals surface area contributed by atoms with Gasteiger partial charge in [-0.1, -0.05) is 32.0 Å². The second-order valence-corrected chi connectivity index (χ2v) is 8.75. The van der Waals surface area contributed by atoms with E-state index in [4.69, 9.17) is 10.1 Å². The van der Waals surface area contributed by atoms with Crippen molar-refractivity contribution in [2.75, 3.05) is 59.0 Å². The number of piperazine rings is 1. The van der Waals surface area contributed by atoms with Gasteiger partial charge in [-0.15, -0.1) is 0 Å². The molecular formula is C21H34N4O2S. The van der Waals surface area contributed by atoms with E-state index in [-0.39, 0.29) is 5.91 Å². The van der Waals surface area contributed by atoms with Gasteiger partial charge in [0.2, 0.25) is 5.91 Å². The zero-order valence-electron chi connectivity index (χ0n) is 17.3.